The van der Waals surface area contributed by atoms with Crippen molar-refractivity contribution in [1.82, 2.24) is 5.32 Å². The van der Waals surface area contributed by atoms with Crippen LogP contribution in [0.4, 0.5) is 0 Å². The molecule has 1 N–H and O–H groups in total. The van der Waals surface area contributed by atoms with Gasteiger partial charge in [-0.3, -0.25) is 0 Å². The summed E-state index contributed by atoms with van der Waals surface area (Å²) in [5.74, 6) is 0.933. The number of nitrogens with one attached hydrogen (secondary N) is 1. The predicted octanol–water partition coefficient (Wildman–Crippen LogP) is 2.86. The van der Waals surface area contributed by atoms with Crippen LogP contribution in [0.25, 0.3) is 0 Å². The Morgan fingerprint density at radius 3 is 2.56 bits per heavy atom. The van der Waals surface area contributed by atoms with E-state index in [1.165, 1.54) is 0 Å². The average Bonchev–Trinajstić information content (AvgIpc) is 2.40. The maximum atomic E-state index is 5.69. The van der Waals surface area contributed by atoms with Crippen LogP contribution in [0.2, 0.25) is 0 Å². The summed E-state index contributed by atoms with van der Waals surface area (Å²) in [4.78, 5) is 0. The predicted molar refractivity (Wildman–Crippen MR) is 75.1 cm³/mol. The van der Waals surface area contributed by atoms with Gasteiger partial charge in [0.2, 0.25) is 0 Å². The second-order valence-electron chi connectivity index (χ2n) is 4.28. The van der Waals surface area contributed by atoms with Gasteiger partial charge in [-0.15, -0.1) is 0 Å². The fourth-order valence-electron chi connectivity index (χ4n) is 1.74. The molecule has 0 spiro atoms. The van der Waals surface area contributed by atoms with Crippen LogP contribution in [0.5, 0.6) is 5.75 Å². The van der Waals surface area contributed by atoms with E-state index in [0.717, 1.165) is 45.0 Å². The van der Waals surface area contributed by atoms with E-state index in [4.69, 9.17) is 9.47 Å². The van der Waals surface area contributed by atoms with Crippen LogP contribution in [0.15, 0.2) is 30.3 Å². The molecule has 1 aromatic rings. The van der Waals surface area contributed by atoms with E-state index in [0.29, 0.717) is 6.04 Å². The van der Waals surface area contributed by atoms with E-state index in [1.807, 2.05) is 30.3 Å². The number of hydrogen-bond donors (Lipinski definition) is 1. The van der Waals surface area contributed by atoms with E-state index in [2.05, 4.69) is 19.2 Å². The quantitative estimate of drug-likeness (QED) is 0.649. The molecule has 18 heavy (non-hydrogen) atoms. The second kappa shape index (κ2) is 9.92. The van der Waals surface area contributed by atoms with Crippen molar-refractivity contribution in [1.29, 1.82) is 0 Å². The van der Waals surface area contributed by atoms with E-state index in [9.17, 15) is 0 Å². The van der Waals surface area contributed by atoms with Gasteiger partial charge in [0.25, 0.3) is 0 Å². The zero-order valence-electron chi connectivity index (χ0n) is 11.5. The molecule has 1 atom stereocenters. The molecule has 1 rings (SSSR count). The van der Waals surface area contributed by atoms with Crippen molar-refractivity contribution in [3.8, 4) is 5.75 Å². The number of para-hydroxylation sites is 1. The van der Waals surface area contributed by atoms with E-state index in [1.54, 1.807) is 0 Å². The van der Waals surface area contributed by atoms with Gasteiger partial charge >= 0.3 is 0 Å². The van der Waals surface area contributed by atoms with Crippen LogP contribution < -0.4 is 10.1 Å². The number of hydrogen-bond acceptors (Lipinski definition) is 3. The van der Waals surface area contributed by atoms with Gasteiger partial charge in [-0.2, -0.15) is 0 Å². The Kier molecular flexibility index (Phi) is 8.26. The minimum atomic E-state index is 0.380. The second-order valence-corrected chi connectivity index (χ2v) is 4.28. The van der Waals surface area contributed by atoms with E-state index < -0.39 is 0 Å². The van der Waals surface area contributed by atoms with Gasteiger partial charge < -0.3 is 14.8 Å². The summed E-state index contributed by atoms with van der Waals surface area (Å²) in [6.07, 6.45) is 2.03. The van der Waals surface area contributed by atoms with Gasteiger partial charge in [-0.05, 0) is 31.5 Å². The third-order valence-corrected chi connectivity index (χ3v) is 2.64. The Hall–Kier alpha value is -1.06. The lowest BCUT2D eigenvalue weighted by Crippen LogP contribution is -2.34. The molecule has 0 amide bonds. The van der Waals surface area contributed by atoms with Gasteiger partial charge in [-0.1, -0.05) is 32.0 Å². The highest BCUT2D eigenvalue weighted by atomic mass is 16.5. The molecule has 0 radical (unpaired) electrons. The third-order valence-electron chi connectivity index (χ3n) is 2.64. The summed E-state index contributed by atoms with van der Waals surface area (Å²) in [5, 5.41) is 3.42. The molecule has 3 nitrogen and oxygen atoms in total. The first kappa shape index (κ1) is 15.0. The average molecular weight is 251 g/mol. The Morgan fingerprint density at radius 1 is 1.11 bits per heavy atom. The van der Waals surface area contributed by atoms with E-state index >= 15 is 0 Å². The monoisotopic (exact) mass is 251 g/mol. The summed E-state index contributed by atoms with van der Waals surface area (Å²) in [6.45, 7) is 7.52. The highest BCUT2D eigenvalue weighted by Gasteiger charge is 2.07. The molecule has 0 saturated heterocycles. The van der Waals surface area contributed by atoms with Gasteiger partial charge in [0.1, 0.15) is 5.75 Å². The molecule has 0 heterocycles. The SMILES string of the molecule is CCCOCC(CCOc1ccccc1)NCC. The fraction of sp³-hybridized carbons (Fsp3) is 0.600. The summed E-state index contributed by atoms with van der Waals surface area (Å²) >= 11 is 0. The molecule has 102 valence electrons. The Morgan fingerprint density at radius 2 is 1.89 bits per heavy atom. The summed E-state index contributed by atoms with van der Waals surface area (Å²) in [7, 11) is 0. The number of ether oxygens (including phenoxy) is 2. The molecule has 0 saturated carbocycles. The molecule has 0 fully saturated rings. The first-order chi connectivity index (χ1) is 8.86. The normalized spacial score (nSPS) is 12.3. The van der Waals surface area contributed by atoms with Gasteiger partial charge in [0.05, 0.1) is 13.2 Å². The fourth-order valence-corrected chi connectivity index (χ4v) is 1.74. The molecule has 0 aliphatic rings. The molecular formula is C15H25NO2. The minimum absolute atomic E-state index is 0.380. The topological polar surface area (TPSA) is 30.5 Å². The zero-order chi connectivity index (χ0) is 13.1. The van der Waals surface area contributed by atoms with E-state index in [-0.39, 0.29) is 0 Å². The highest BCUT2D eigenvalue weighted by molar-refractivity contribution is 5.20. The van der Waals surface area contributed by atoms with Crippen LogP contribution in [0.1, 0.15) is 26.7 Å². The highest BCUT2D eigenvalue weighted by Crippen LogP contribution is 2.09. The Bertz CT molecular complexity index is 290. The van der Waals surface area contributed by atoms with Crippen molar-refractivity contribution in [2.75, 3.05) is 26.4 Å². The van der Waals surface area contributed by atoms with Crippen LogP contribution in [0.3, 0.4) is 0 Å². The standard InChI is InChI=1S/C15H25NO2/c1-3-11-17-13-14(16-4-2)10-12-18-15-8-6-5-7-9-15/h5-9,14,16H,3-4,10-13H2,1-2H3. The Balaban J connectivity index is 2.20. The number of benzene rings is 1. The van der Waals surface area contributed by atoms with Crippen molar-refractivity contribution in [3.63, 3.8) is 0 Å². The van der Waals surface area contributed by atoms with Gasteiger partial charge in [0.15, 0.2) is 0 Å². The molecule has 1 unspecified atom stereocenters. The van der Waals surface area contributed by atoms with Gasteiger partial charge in [-0.25, -0.2) is 0 Å². The van der Waals surface area contributed by atoms with Crippen LogP contribution in [-0.2, 0) is 4.74 Å². The lowest BCUT2D eigenvalue weighted by Gasteiger charge is -2.18. The third kappa shape index (κ3) is 6.62. The van der Waals surface area contributed by atoms with Crippen LogP contribution in [0, 0.1) is 0 Å². The molecular weight excluding hydrogens is 226 g/mol. The summed E-state index contributed by atoms with van der Waals surface area (Å²) in [5.41, 5.74) is 0. The van der Waals surface area contributed by atoms with Gasteiger partial charge in [0, 0.05) is 12.6 Å². The van der Waals surface area contributed by atoms with Crippen molar-refractivity contribution in [2.24, 2.45) is 0 Å². The largest absolute Gasteiger partial charge is 0.494 e. The van der Waals surface area contributed by atoms with Crippen LogP contribution >= 0.6 is 0 Å². The first-order valence-electron chi connectivity index (χ1n) is 6.85. The molecule has 0 aromatic heterocycles. The minimum Gasteiger partial charge on any atom is -0.494 e. The maximum Gasteiger partial charge on any atom is 0.119 e. The molecule has 0 aliphatic carbocycles. The molecule has 3 heteroatoms. The zero-order valence-corrected chi connectivity index (χ0v) is 11.5. The molecule has 0 aliphatic heterocycles. The van der Waals surface area contributed by atoms with Crippen molar-refractivity contribution >= 4 is 0 Å². The summed E-state index contributed by atoms with van der Waals surface area (Å²) in [6, 6.07) is 10.3. The maximum absolute atomic E-state index is 5.69. The number of rotatable bonds is 10. The Labute approximate surface area is 110 Å². The van der Waals surface area contributed by atoms with Crippen molar-refractivity contribution < 1.29 is 9.47 Å². The summed E-state index contributed by atoms with van der Waals surface area (Å²) < 4.78 is 11.3. The number of likely N-dealkylation sites (N-methyl/N-ethyl adjacent to an activating group) is 1. The molecule has 1 aromatic carbocycles. The lowest BCUT2D eigenvalue weighted by molar-refractivity contribution is 0.104. The lowest BCUT2D eigenvalue weighted by atomic mass is 10.2. The van der Waals surface area contributed by atoms with Crippen molar-refractivity contribution in [2.45, 2.75) is 32.7 Å². The molecule has 0 bridgehead atoms. The smallest absolute Gasteiger partial charge is 0.119 e. The van der Waals surface area contributed by atoms with Crippen LogP contribution in [-0.4, -0.2) is 32.4 Å². The first-order valence-corrected chi connectivity index (χ1v) is 6.85. The van der Waals surface area contributed by atoms with Crippen molar-refractivity contribution in [3.05, 3.63) is 30.3 Å².